The molecule has 1 saturated carbocycles. The molecule has 0 bridgehead atoms. The van der Waals surface area contributed by atoms with Gasteiger partial charge in [-0.25, -0.2) is 4.99 Å². The molecule has 0 unspecified atom stereocenters. The largest absolute Gasteiger partial charge is 0.497 e. The maximum Gasteiger partial charge on any atom is 0.231 e. The van der Waals surface area contributed by atoms with Crippen molar-refractivity contribution in [1.29, 1.82) is 0 Å². The number of carbonyl (C=O) groups excluding carboxylic acids is 2. The van der Waals surface area contributed by atoms with Gasteiger partial charge in [-0.1, -0.05) is 0 Å². The van der Waals surface area contributed by atoms with Crippen molar-refractivity contribution in [1.82, 2.24) is 10.2 Å². The van der Waals surface area contributed by atoms with Crippen LogP contribution in [0.2, 0.25) is 0 Å². The number of carbonyl (C=O) groups is 2. The van der Waals surface area contributed by atoms with Gasteiger partial charge in [0.1, 0.15) is 17.1 Å². The van der Waals surface area contributed by atoms with E-state index in [0.29, 0.717) is 31.6 Å². The van der Waals surface area contributed by atoms with Crippen molar-refractivity contribution in [2.45, 2.75) is 76.6 Å². The maximum absolute atomic E-state index is 13.4. The Bertz CT molecular complexity index is 1020. The van der Waals surface area contributed by atoms with Gasteiger partial charge in [0.2, 0.25) is 11.8 Å². The van der Waals surface area contributed by atoms with Crippen LogP contribution in [0, 0.1) is 11.8 Å². The molecule has 4 atom stereocenters. The van der Waals surface area contributed by atoms with Gasteiger partial charge in [0.25, 0.3) is 0 Å². The zero-order chi connectivity index (χ0) is 25.5. The Morgan fingerprint density at radius 2 is 2.06 bits per heavy atom. The Morgan fingerprint density at radius 3 is 2.71 bits per heavy atom. The molecule has 2 heterocycles. The number of nitrogens with one attached hydrogen (secondary N) is 1. The summed E-state index contributed by atoms with van der Waals surface area (Å²) in [6.45, 7) is 8.30. The number of benzene rings is 1. The van der Waals surface area contributed by atoms with Gasteiger partial charge in [-0.15, -0.1) is 0 Å². The number of amides is 2. The van der Waals surface area contributed by atoms with Gasteiger partial charge in [-0.05, 0) is 58.6 Å². The molecule has 0 aromatic heterocycles. The van der Waals surface area contributed by atoms with Gasteiger partial charge in [0.15, 0.2) is 5.96 Å². The zero-order valence-electron chi connectivity index (χ0n) is 21.6. The predicted molar refractivity (Wildman–Crippen MR) is 132 cm³/mol. The number of hydrogen-bond donors (Lipinski definition) is 2. The van der Waals surface area contributed by atoms with Gasteiger partial charge in [0, 0.05) is 43.7 Å². The van der Waals surface area contributed by atoms with E-state index in [2.05, 4.69) is 10.3 Å². The van der Waals surface area contributed by atoms with Gasteiger partial charge in [-0.2, -0.15) is 0 Å². The van der Waals surface area contributed by atoms with E-state index in [1.807, 2.05) is 45.9 Å². The van der Waals surface area contributed by atoms with E-state index in [9.17, 15) is 9.59 Å². The van der Waals surface area contributed by atoms with Crippen molar-refractivity contribution in [3.05, 3.63) is 23.8 Å². The molecule has 9 nitrogen and oxygen atoms in total. The van der Waals surface area contributed by atoms with Crippen LogP contribution >= 0.6 is 0 Å². The fourth-order valence-electron chi connectivity index (χ4n) is 5.42. The van der Waals surface area contributed by atoms with Crippen LogP contribution in [0.4, 0.5) is 0 Å². The van der Waals surface area contributed by atoms with Gasteiger partial charge >= 0.3 is 0 Å². The number of hydrogen-bond acceptors (Lipinski definition) is 7. The smallest absolute Gasteiger partial charge is 0.231 e. The molecule has 192 valence electrons. The molecule has 1 fully saturated rings. The molecule has 0 radical (unpaired) electrons. The van der Waals surface area contributed by atoms with Crippen molar-refractivity contribution < 1.29 is 23.8 Å². The van der Waals surface area contributed by atoms with E-state index < -0.39 is 11.1 Å². The summed E-state index contributed by atoms with van der Waals surface area (Å²) in [5.74, 6) is 1.41. The van der Waals surface area contributed by atoms with Crippen molar-refractivity contribution in [3.8, 4) is 11.5 Å². The third kappa shape index (κ3) is 5.39. The number of rotatable bonds is 8. The Morgan fingerprint density at radius 1 is 1.31 bits per heavy atom. The van der Waals surface area contributed by atoms with E-state index in [1.54, 1.807) is 19.1 Å². The van der Waals surface area contributed by atoms with Crippen LogP contribution in [0.3, 0.4) is 0 Å². The van der Waals surface area contributed by atoms with Crippen LogP contribution in [0.5, 0.6) is 11.5 Å². The predicted octanol–water partition coefficient (Wildman–Crippen LogP) is 2.78. The molecule has 1 aromatic rings. The number of fused-ring (bicyclic) bond motifs is 1. The Kier molecular flexibility index (Phi) is 6.74. The third-order valence-corrected chi connectivity index (χ3v) is 7.13. The lowest BCUT2D eigenvalue weighted by atomic mass is 9.89. The van der Waals surface area contributed by atoms with Crippen LogP contribution in [0.1, 0.15) is 65.0 Å². The molecular formula is C26H38N4O5. The number of nitrogens with zero attached hydrogens (tertiary/aromatic N) is 2. The minimum atomic E-state index is -0.518. The summed E-state index contributed by atoms with van der Waals surface area (Å²) in [5.41, 5.74) is 6.24. The fourth-order valence-corrected chi connectivity index (χ4v) is 5.42. The number of methoxy groups -OCH3 is 2. The average molecular weight is 487 g/mol. The van der Waals surface area contributed by atoms with E-state index in [4.69, 9.17) is 19.9 Å². The summed E-state index contributed by atoms with van der Waals surface area (Å²) in [5, 5.41) is 3.25. The maximum atomic E-state index is 13.4. The molecule has 1 aliphatic carbocycles. The summed E-state index contributed by atoms with van der Waals surface area (Å²) >= 11 is 0. The molecule has 0 saturated heterocycles. The van der Waals surface area contributed by atoms with E-state index >= 15 is 0 Å². The molecule has 3 N–H and O–H groups in total. The van der Waals surface area contributed by atoms with Crippen LogP contribution < -0.4 is 20.5 Å². The number of nitrogens with two attached hydrogens (primary N) is 1. The number of guanidine groups is 1. The molecule has 35 heavy (non-hydrogen) atoms. The average Bonchev–Trinajstić information content (AvgIpc) is 3.54. The topological polar surface area (TPSA) is 115 Å². The summed E-state index contributed by atoms with van der Waals surface area (Å²) in [6, 6.07) is 5.30. The SMILES string of the molecule is COCC[C@H]([C@H]1C[C@@H]1C(=O)N[C@@H]1CC(C)(C)Oc2cc(OC)ccc21)N1C(=O)CC(C)(C)N=C1N. The van der Waals surface area contributed by atoms with Gasteiger partial charge in [0.05, 0.1) is 25.1 Å². The lowest BCUT2D eigenvalue weighted by molar-refractivity contribution is -0.132. The highest BCUT2D eigenvalue weighted by Crippen LogP contribution is 2.47. The fraction of sp³-hybridized carbons (Fsp3) is 0.654. The lowest BCUT2D eigenvalue weighted by Crippen LogP contribution is -2.55. The van der Waals surface area contributed by atoms with Crippen LogP contribution in [-0.2, 0) is 14.3 Å². The van der Waals surface area contributed by atoms with Crippen LogP contribution in [-0.4, -0.2) is 60.7 Å². The molecule has 9 heteroatoms. The Balaban J connectivity index is 1.50. The first-order valence-corrected chi connectivity index (χ1v) is 12.3. The molecule has 2 aliphatic heterocycles. The van der Waals surface area contributed by atoms with Crippen molar-refractivity contribution >= 4 is 17.8 Å². The second-order valence-electron chi connectivity index (χ2n) is 11.1. The highest BCUT2D eigenvalue weighted by Gasteiger charge is 2.52. The second kappa shape index (κ2) is 9.33. The van der Waals surface area contributed by atoms with E-state index in [0.717, 1.165) is 11.3 Å². The number of aliphatic imine (C=N–C) groups is 1. The quantitative estimate of drug-likeness (QED) is 0.584. The summed E-state index contributed by atoms with van der Waals surface area (Å²) in [4.78, 5) is 32.5. The van der Waals surface area contributed by atoms with Crippen molar-refractivity contribution in [3.63, 3.8) is 0 Å². The monoisotopic (exact) mass is 486 g/mol. The zero-order valence-corrected chi connectivity index (χ0v) is 21.6. The normalized spacial score (nSPS) is 27.3. The number of ether oxygens (including phenoxy) is 3. The first-order valence-electron chi connectivity index (χ1n) is 12.3. The first-order chi connectivity index (χ1) is 16.4. The van der Waals surface area contributed by atoms with Crippen LogP contribution in [0.15, 0.2) is 23.2 Å². The van der Waals surface area contributed by atoms with E-state index in [1.165, 1.54) is 0 Å². The highest BCUT2D eigenvalue weighted by atomic mass is 16.5. The third-order valence-electron chi connectivity index (χ3n) is 7.13. The minimum absolute atomic E-state index is 0.00671. The standard InChI is InChI=1S/C26H38N4O5/c1-25(2)14-22(31)30(24(27)29-25)20(9-10-33-5)17-12-18(17)23(32)28-19-13-26(3,4)35-21-11-15(34-6)7-8-16(19)21/h7-8,11,17-20H,9-10,12-14H2,1-6H3,(H2,27,29)(H,28,32)/t17-,18-,19+,20+/m0/s1. The summed E-state index contributed by atoms with van der Waals surface area (Å²) in [6.07, 6.45) is 2.24. The molecule has 1 aromatic carbocycles. The summed E-state index contributed by atoms with van der Waals surface area (Å²) < 4.78 is 16.8. The van der Waals surface area contributed by atoms with Crippen molar-refractivity contribution in [2.75, 3.05) is 20.8 Å². The molecule has 2 amide bonds. The van der Waals surface area contributed by atoms with Crippen LogP contribution in [0.25, 0.3) is 0 Å². The first kappa shape index (κ1) is 25.3. The van der Waals surface area contributed by atoms with E-state index in [-0.39, 0.29) is 48.1 Å². The van der Waals surface area contributed by atoms with Gasteiger partial charge < -0.3 is 25.3 Å². The Labute approximate surface area is 207 Å². The second-order valence-corrected chi connectivity index (χ2v) is 11.1. The Hall–Kier alpha value is -2.81. The minimum Gasteiger partial charge on any atom is -0.497 e. The molecule has 4 rings (SSSR count). The summed E-state index contributed by atoms with van der Waals surface area (Å²) in [7, 11) is 3.25. The lowest BCUT2D eigenvalue weighted by Gasteiger charge is -2.38. The van der Waals surface area contributed by atoms with Gasteiger partial charge in [-0.3, -0.25) is 14.5 Å². The highest BCUT2D eigenvalue weighted by molar-refractivity contribution is 5.99. The molecule has 3 aliphatic rings. The molecular weight excluding hydrogens is 448 g/mol. The molecule has 0 spiro atoms. The van der Waals surface area contributed by atoms with Crippen molar-refractivity contribution in [2.24, 2.45) is 22.6 Å².